The Labute approximate surface area is 202 Å². The molecule has 0 unspecified atom stereocenters. The van der Waals surface area contributed by atoms with Crippen LogP contribution in [0.25, 0.3) is 0 Å². The van der Waals surface area contributed by atoms with Gasteiger partial charge in [0.05, 0.1) is 12.7 Å². The molecular formula is C24H33Cl2N3O3. The summed E-state index contributed by atoms with van der Waals surface area (Å²) in [6.45, 7) is 5.36. The van der Waals surface area contributed by atoms with Crippen molar-refractivity contribution in [2.24, 2.45) is 17.6 Å². The fourth-order valence-electron chi connectivity index (χ4n) is 5.00. The molecular weight excluding hydrogens is 449 g/mol. The first-order valence-corrected chi connectivity index (χ1v) is 10.6. The molecule has 2 saturated heterocycles. The van der Waals surface area contributed by atoms with Crippen molar-refractivity contribution in [1.29, 1.82) is 0 Å². The van der Waals surface area contributed by atoms with Crippen LogP contribution in [0, 0.1) is 18.8 Å². The molecule has 4 rings (SSSR count). The lowest BCUT2D eigenvalue weighted by molar-refractivity contribution is 0.0763. The van der Waals surface area contributed by atoms with Crippen LogP contribution in [-0.4, -0.2) is 62.7 Å². The van der Waals surface area contributed by atoms with Crippen LogP contribution in [0.3, 0.4) is 0 Å². The standard InChI is InChI=1S/C24H31N3O3.2ClH/c1-16-4-9-22(30-11-10-25)20(12-16)24(28)27-14-18-13-26(2)23(21(18)15-27)17-5-7-19(29-3)8-6-17;;/h4-9,12,18,21,23H,10-11,13-15,25H2,1-3H3;2*1H/t18-,21+,23-;;/m0../s1. The maximum atomic E-state index is 13.4. The highest BCUT2D eigenvalue weighted by Gasteiger charge is 2.47. The number of aryl methyl sites for hydroxylation is 1. The first-order valence-electron chi connectivity index (χ1n) is 10.6. The fraction of sp³-hybridized carbons (Fsp3) is 0.458. The van der Waals surface area contributed by atoms with Gasteiger partial charge in [0.25, 0.3) is 5.91 Å². The molecule has 2 aromatic carbocycles. The van der Waals surface area contributed by atoms with Gasteiger partial charge in [0.15, 0.2) is 0 Å². The zero-order valence-electron chi connectivity index (χ0n) is 18.8. The van der Waals surface area contributed by atoms with Crippen LogP contribution >= 0.6 is 24.8 Å². The lowest BCUT2D eigenvalue weighted by Crippen LogP contribution is -2.33. The molecule has 2 N–H and O–H groups in total. The van der Waals surface area contributed by atoms with Crippen molar-refractivity contribution < 1.29 is 14.3 Å². The van der Waals surface area contributed by atoms with Gasteiger partial charge in [-0.25, -0.2) is 0 Å². The SMILES string of the molecule is COc1ccc([C@H]2[C@@H]3CN(C(=O)c4cc(C)ccc4OCCN)C[C@@H]3CN2C)cc1.Cl.Cl. The first-order chi connectivity index (χ1) is 14.5. The third-order valence-electron chi connectivity index (χ3n) is 6.38. The van der Waals surface area contributed by atoms with E-state index >= 15 is 0 Å². The van der Waals surface area contributed by atoms with Gasteiger partial charge in [-0.2, -0.15) is 0 Å². The molecule has 0 aromatic heterocycles. The normalized spacial score (nSPS) is 22.0. The molecule has 2 aromatic rings. The van der Waals surface area contributed by atoms with Crippen LogP contribution in [0.1, 0.15) is 27.5 Å². The largest absolute Gasteiger partial charge is 0.497 e. The van der Waals surface area contributed by atoms with E-state index in [-0.39, 0.29) is 30.7 Å². The number of likely N-dealkylation sites (tertiary alicyclic amines) is 2. The van der Waals surface area contributed by atoms with Gasteiger partial charge in [0, 0.05) is 38.1 Å². The molecule has 0 radical (unpaired) electrons. The van der Waals surface area contributed by atoms with Gasteiger partial charge >= 0.3 is 0 Å². The van der Waals surface area contributed by atoms with Gasteiger partial charge < -0.3 is 20.1 Å². The van der Waals surface area contributed by atoms with Crippen molar-refractivity contribution in [3.05, 3.63) is 59.2 Å². The monoisotopic (exact) mass is 481 g/mol. The summed E-state index contributed by atoms with van der Waals surface area (Å²) in [6.07, 6.45) is 0. The highest BCUT2D eigenvalue weighted by Crippen LogP contribution is 2.44. The van der Waals surface area contributed by atoms with Crippen molar-refractivity contribution in [2.45, 2.75) is 13.0 Å². The minimum Gasteiger partial charge on any atom is -0.497 e. The summed E-state index contributed by atoms with van der Waals surface area (Å²) in [6, 6.07) is 14.4. The molecule has 2 aliphatic rings. The molecule has 0 aliphatic carbocycles. The molecule has 32 heavy (non-hydrogen) atoms. The number of rotatable bonds is 6. The Morgan fingerprint density at radius 2 is 1.81 bits per heavy atom. The van der Waals surface area contributed by atoms with Gasteiger partial charge in [-0.3, -0.25) is 9.69 Å². The minimum atomic E-state index is 0. The van der Waals surface area contributed by atoms with Crippen molar-refractivity contribution in [3.63, 3.8) is 0 Å². The quantitative estimate of drug-likeness (QED) is 0.682. The lowest BCUT2D eigenvalue weighted by Gasteiger charge is -2.27. The zero-order chi connectivity index (χ0) is 21.3. The number of carbonyl (C=O) groups is 1. The molecule has 2 aliphatic heterocycles. The van der Waals surface area contributed by atoms with E-state index < -0.39 is 0 Å². The number of hydrogen-bond acceptors (Lipinski definition) is 5. The van der Waals surface area contributed by atoms with Crippen LogP contribution in [0.2, 0.25) is 0 Å². The van der Waals surface area contributed by atoms with E-state index in [1.807, 2.05) is 42.2 Å². The van der Waals surface area contributed by atoms with Crippen molar-refractivity contribution in [2.75, 3.05) is 46.9 Å². The van der Waals surface area contributed by atoms with Crippen LogP contribution in [0.5, 0.6) is 11.5 Å². The van der Waals surface area contributed by atoms with Crippen molar-refractivity contribution in [3.8, 4) is 11.5 Å². The molecule has 0 spiro atoms. The fourth-order valence-corrected chi connectivity index (χ4v) is 5.00. The van der Waals surface area contributed by atoms with E-state index in [1.54, 1.807) is 7.11 Å². The molecule has 6 nitrogen and oxygen atoms in total. The zero-order valence-corrected chi connectivity index (χ0v) is 20.5. The maximum Gasteiger partial charge on any atom is 0.257 e. The number of nitrogens with zero attached hydrogens (tertiary/aromatic N) is 2. The summed E-state index contributed by atoms with van der Waals surface area (Å²) in [7, 11) is 3.86. The highest BCUT2D eigenvalue weighted by atomic mass is 35.5. The number of hydrogen-bond donors (Lipinski definition) is 1. The van der Waals surface area contributed by atoms with Crippen LogP contribution in [0.4, 0.5) is 0 Å². The third kappa shape index (κ3) is 5.15. The smallest absolute Gasteiger partial charge is 0.257 e. The Kier molecular flexibility index (Phi) is 9.22. The average Bonchev–Trinajstić information content (AvgIpc) is 3.29. The molecule has 2 heterocycles. The van der Waals surface area contributed by atoms with Crippen molar-refractivity contribution in [1.82, 2.24) is 9.80 Å². The topological polar surface area (TPSA) is 68.0 Å². The van der Waals surface area contributed by atoms with Crippen molar-refractivity contribution >= 4 is 30.7 Å². The summed E-state index contributed by atoms with van der Waals surface area (Å²) >= 11 is 0. The molecule has 1 amide bonds. The number of benzene rings is 2. The maximum absolute atomic E-state index is 13.4. The number of fused-ring (bicyclic) bond motifs is 1. The van der Waals surface area contributed by atoms with E-state index in [0.717, 1.165) is 30.9 Å². The summed E-state index contributed by atoms with van der Waals surface area (Å²) in [5.41, 5.74) is 8.55. The lowest BCUT2D eigenvalue weighted by atomic mass is 9.89. The van der Waals surface area contributed by atoms with E-state index in [4.69, 9.17) is 15.2 Å². The summed E-state index contributed by atoms with van der Waals surface area (Å²) in [5, 5.41) is 0. The van der Waals surface area contributed by atoms with E-state index in [2.05, 4.69) is 24.1 Å². The molecule has 2 fully saturated rings. The molecule has 8 heteroatoms. The molecule has 0 bridgehead atoms. The molecule has 3 atom stereocenters. The number of methoxy groups -OCH3 is 1. The predicted molar refractivity (Wildman–Crippen MR) is 131 cm³/mol. The van der Waals surface area contributed by atoms with Gasteiger partial charge in [-0.05, 0) is 49.7 Å². The average molecular weight is 482 g/mol. The third-order valence-corrected chi connectivity index (χ3v) is 6.38. The summed E-state index contributed by atoms with van der Waals surface area (Å²) in [4.78, 5) is 17.8. The highest BCUT2D eigenvalue weighted by molar-refractivity contribution is 5.97. The van der Waals surface area contributed by atoms with Crippen LogP contribution in [-0.2, 0) is 0 Å². The number of ether oxygens (including phenoxy) is 2. The second-order valence-electron chi connectivity index (χ2n) is 8.43. The Bertz CT molecular complexity index is 910. The summed E-state index contributed by atoms with van der Waals surface area (Å²) in [5.74, 6) is 2.44. The first kappa shape index (κ1) is 26.3. The van der Waals surface area contributed by atoms with Gasteiger partial charge in [-0.1, -0.05) is 23.8 Å². The molecule has 0 saturated carbocycles. The predicted octanol–water partition coefficient (Wildman–Crippen LogP) is 3.56. The van der Waals surface area contributed by atoms with Gasteiger partial charge in [0.1, 0.15) is 18.1 Å². The Morgan fingerprint density at radius 3 is 2.47 bits per heavy atom. The minimum absolute atomic E-state index is 0. The van der Waals surface area contributed by atoms with Gasteiger partial charge in [0.2, 0.25) is 0 Å². The van der Waals surface area contributed by atoms with Crippen LogP contribution in [0.15, 0.2) is 42.5 Å². The number of amides is 1. The Balaban J connectivity index is 0.00000181. The molecule has 176 valence electrons. The van der Waals surface area contributed by atoms with E-state index in [1.165, 1.54) is 5.56 Å². The Hall–Kier alpha value is -1.99. The summed E-state index contributed by atoms with van der Waals surface area (Å²) < 4.78 is 11.1. The van der Waals surface area contributed by atoms with E-state index in [0.29, 0.717) is 42.3 Å². The second-order valence-corrected chi connectivity index (χ2v) is 8.43. The number of nitrogens with two attached hydrogens (primary N) is 1. The number of halogens is 2. The van der Waals surface area contributed by atoms with E-state index in [9.17, 15) is 4.79 Å². The Morgan fingerprint density at radius 1 is 1.09 bits per heavy atom. The second kappa shape index (κ2) is 11.2. The van der Waals surface area contributed by atoms with Gasteiger partial charge in [-0.15, -0.1) is 24.8 Å². The van der Waals surface area contributed by atoms with Crippen LogP contribution < -0.4 is 15.2 Å². The number of carbonyl (C=O) groups excluding carboxylic acids is 1.